The van der Waals surface area contributed by atoms with E-state index in [1.807, 2.05) is 12.4 Å². The van der Waals surface area contributed by atoms with Gasteiger partial charge in [-0.05, 0) is 48.6 Å². The maximum atomic E-state index is 4.14. The number of fused-ring (bicyclic) bond motifs is 3. The van der Waals surface area contributed by atoms with E-state index in [2.05, 4.69) is 59.7 Å². The Labute approximate surface area is 119 Å². The molecular weight excluding hydrogens is 244 g/mol. The maximum Gasteiger partial charge on any atom is 0.0555 e. The lowest BCUT2D eigenvalue weighted by molar-refractivity contribution is 0.425. The normalized spacial score (nSPS) is 26.8. The van der Waals surface area contributed by atoms with E-state index in [-0.39, 0.29) is 0 Å². The molecule has 0 saturated heterocycles. The summed E-state index contributed by atoms with van der Waals surface area (Å²) in [5.74, 6) is 1.16. The molecule has 0 fully saturated rings. The molecule has 100 valence electrons. The summed E-state index contributed by atoms with van der Waals surface area (Å²) in [5, 5.41) is 3.74. The SMILES string of the molecule is Cc1ccc2c(c1)C1C=CCC1C(c1ccncc1)N2. The second kappa shape index (κ2) is 4.48. The minimum absolute atomic E-state index is 0.383. The summed E-state index contributed by atoms with van der Waals surface area (Å²) in [7, 11) is 0. The summed E-state index contributed by atoms with van der Waals surface area (Å²) < 4.78 is 0. The van der Waals surface area contributed by atoms with Crippen LogP contribution in [-0.4, -0.2) is 4.98 Å². The predicted octanol–water partition coefficient (Wildman–Crippen LogP) is 4.22. The molecule has 1 aromatic heterocycles. The summed E-state index contributed by atoms with van der Waals surface area (Å²) in [6.45, 7) is 2.17. The molecule has 0 spiro atoms. The van der Waals surface area contributed by atoms with Gasteiger partial charge in [0.1, 0.15) is 0 Å². The summed E-state index contributed by atoms with van der Waals surface area (Å²) in [6.07, 6.45) is 9.65. The maximum absolute atomic E-state index is 4.14. The van der Waals surface area contributed by atoms with Crippen LogP contribution in [0.25, 0.3) is 0 Å². The van der Waals surface area contributed by atoms with Crippen molar-refractivity contribution in [2.75, 3.05) is 5.32 Å². The number of anilines is 1. The van der Waals surface area contributed by atoms with Gasteiger partial charge >= 0.3 is 0 Å². The van der Waals surface area contributed by atoms with Crippen LogP contribution in [0, 0.1) is 12.8 Å². The van der Waals surface area contributed by atoms with Crippen LogP contribution in [0.15, 0.2) is 54.9 Å². The zero-order valence-electron chi connectivity index (χ0n) is 11.6. The van der Waals surface area contributed by atoms with Gasteiger partial charge in [0, 0.05) is 24.0 Å². The lowest BCUT2D eigenvalue weighted by Crippen LogP contribution is -2.29. The largest absolute Gasteiger partial charge is 0.378 e. The number of hydrogen-bond acceptors (Lipinski definition) is 2. The number of aromatic nitrogens is 1. The molecule has 0 saturated carbocycles. The number of allylic oxidation sites excluding steroid dienone is 2. The molecule has 1 aliphatic heterocycles. The van der Waals surface area contributed by atoms with Crippen molar-refractivity contribution in [2.24, 2.45) is 5.92 Å². The standard InChI is InChI=1S/C18H18N2/c1-12-5-6-17-16(11-12)14-3-2-4-15(14)18(20-17)13-7-9-19-10-8-13/h2-3,5-11,14-15,18,20H,4H2,1H3. The molecule has 3 unspecified atom stereocenters. The predicted molar refractivity (Wildman–Crippen MR) is 81.8 cm³/mol. The first-order valence-electron chi connectivity index (χ1n) is 7.26. The molecule has 0 radical (unpaired) electrons. The molecular formula is C18H18N2. The highest BCUT2D eigenvalue weighted by Crippen LogP contribution is 2.49. The first kappa shape index (κ1) is 11.7. The van der Waals surface area contributed by atoms with Crippen LogP contribution in [0.4, 0.5) is 5.69 Å². The Bertz CT molecular complexity index is 660. The number of nitrogens with one attached hydrogen (secondary N) is 1. The van der Waals surface area contributed by atoms with Gasteiger partial charge in [-0.1, -0.05) is 29.8 Å². The minimum atomic E-state index is 0.383. The Balaban J connectivity index is 1.80. The van der Waals surface area contributed by atoms with Crippen LogP contribution in [0.3, 0.4) is 0 Å². The lowest BCUT2D eigenvalue weighted by Gasteiger charge is -2.37. The number of benzene rings is 1. The number of rotatable bonds is 1. The van der Waals surface area contributed by atoms with Crippen LogP contribution in [0.1, 0.15) is 35.1 Å². The molecule has 1 aliphatic carbocycles. The van der Waals surface area contributed by atoms with Gasteiger partial charge < -0.3 is 5.32 Å². The second-order valence-electron chi connectivity index (χ2n) is 5.85. The van der Waals surface area contributed by atoms with E-state index in [9.17, 15) is 0 Å². The smallest absolute Gasteiger partial charge is 0.0555 e. The molecule has 2 nitrogen and oxygen atoms in total. The number of aryl methyl sites for hydroxylation is 1. The Kier molecular flexibility index (Phi) is 2.62. The first-order valence-corrected chi connectivity index (χ1v) is 7.26. The summed E-state index contributed by atoms with van der Waals surface area (Å²) >= 11 is 0. The van der Waals surface area contributed by atoms with E-state index >= 15 is 0 Å². The van der Waals surface area contributed by atoms with E-state index < -0.39 is 0 Å². The molecule has 2 aromatic rings. The molecule has 2 aliphatic rings. The monoisotopic (exact) mass is 262 g/mol. The molecule has 1 N–H and O–H groups in total. The van der Waals surface area contributed by atoms with Gasteiger partial charge in [-0.25, -0.2) is 0 Å². The highest BCUT2D eigenvalue weighted by molar-refractivity contribution is 5.60. The van der Waals surface area contributed by atoms with Crippen molar-refractivity contribution < 1.29 is 0 Å². The van der Waals surface area contributed by atoms with Gasteiger partial charge in [0.15, 0.2) is 0 Å². The van der Waals surface area contributed by atoms with Crippen LogP contribution in [0.5, 0.6) is 0 Å². The highest BCUT2D eigenvalue weighted by atomic mass is 15.0. The van der Waals surface area contributed by atoms with Gasteiger partial charge in [0.2, 0.25) is 0 Å². The Morgan fingerprint density at radius 1 is 1.15 bits per heavy atom. The van der Waals surface area contributed by atoms with Crippen molar-refractivity contribution in [3.8, 4) is 0 Å². The van der Waals surface area contributed by atoms with E-state index in [1.165, 1.54) is 22.4 Å². The number of hydrogen-bond donors (Lipinski definition) is 1. The number of nitrogens with zero attached hydrogens (tertiary/aromatic N) is 1. The van der Waals surface area contributed by atoms with Crippen molar-refractivity contribution in [3.05, 3.63) is 71.6 Å². The lowest BCUT2D eigenvalue weighted by atomic mass is 9.77. The van der Waals surface area contributed by atoms with Crippen LogP contribution < -0.4 is 5.32 Å². The third-order valence-electron chi connectivity index (χ3n) is 4.58. The van der Waals surface area contributed by atoms with Crippen molar-refractivity contribution in [2.45, 2.75) is 25.3 Å². The van der Waals surface area contributed by atoms with Crippen LogP contribution in [-0.2, 0) is 0 Å². The molecule has 2 heterocycles. The fraction of sp³-hybridized carbons (Fsp3) is 0.278. The highest BCUT2D eigenvalue weighted by Gasteiger charge is 2.37. The molecule has 2 heteroatoms. The van der Waals surface area contributed by atoms with Gasteiger partial charge in [-0.3, -0.25) is 4.98 Å². The third kappa shape index (κ3) is 1.75. The zero-order chi connectivity index (χ0) is 13.5. The van der Waals surface area contributed by atoms with Gasteiger partial charge in [0.25, 0.3) is 0 Å². The quantitative estimate of drug-likeness (QED) is 0.778. The topological polar surface area (TPSA) is 24.9 Å². The average Bonchev–Trinajstić information content (AvgIpc) is 2.97. The van der Waals surface area contributed by atoms with Crippen molar-refractivity contribution in [1.29, 1.82) is 0 Å². The van der Waals surface area contributed by atoms with Crippen LogP contribution in [0.2, 0.25) is 0 Å². The van der Waals surface area contributed by atoms with Crippen molar-refractivity contribution in [1.82, 2.24) is 4.98 Å². The fourth-order valence-corrected chi connectivity index (χ4v) is 3.61. The molecule has 20 heavy (non-hydrogen) atoms. The zero-order valence-corrected chi connectivity index (χ0v) is 11.6. The Hall–Kier alpha value is -2.09. The molecule has 0 bridgehead atoms. The average molecular weight is 262 g/mol. The summed E-state index contributed by atoms with van der Waals surface area (Å²) in [5.41, 5.74) is 5.41. The minimum Gasteiger partial charge on any atom is -0.378 e. The van der Waals surface area contributed by atoms with Crippen molar-refractivity contribution in [3.63, 3.8) is 0 Å². The molecule has 3 atom stereocenters. The van der Waals surface area contributed by atoms with Gasteiger partial charge in [0.05, 0.1) is 6.04 Å². The summed E-state index contributed by atoms with van der Waals surface area (Å²) in [6, 6.07) is 11.4. The Morgan fingerprint density at radius 3 is 2.85 bits per heavy atom. The summed E-state index contributed by atoms with van der Waals surface area (Å²) in [4.78, 5) is 4.14. The molecule has 1 aromatic carbocycles. The van der Waals surface area contributed by atoms with E-state index in [0.717, 1.165) is 6.42 Å². The van der Waals surface area contributed by atoms with Gasteiger partial charge in [-0.2, -0.15) is 0 Å². The van der Waals surface area contributed by atoms with E-state index in [0.29, 0.717) is 17.9 Å². The van der Waals surface area contributed by atoms with Gasteiger partial charge in [-0.15, -0.1) is 0 Å². The molecule has 4 rings (SSSR count). The van der Waals surface area contributed by atoms with Crippen molar-refractivity contribution >= 4 is 5.69 Å². The second-order valence-corrected chi connectivity index (χ2v) is 5.85. The third-order valence-corrected chi connectivity index (χ3v) is 4.58. The van der Waals surface area contributed by atoms with E-state index in [4.69, 9.17) is 0 Å². The fourth-order valence-electron chi connectivity index (χ4n) is 3.61. The number of pyridine rings is 1. The van der Waals surface area contributed by atoms with Crippen LogP contribution >= 0.6 is 0 Å². The first-order chi connectivity index (χ1) is 9.83. The molecule has 0 amide bonds. The Morgan fingerprint density at radius 2 is 2.00 bits per heavy atom. The van der Waals surface area contributed by atoms with E-state index in [1.54, 1.807) is 0 Å².